The second kappa shape index (κ2) is 7.26. The summed E-state index contributed by atoms with van der Waals surface area (Å²) in [5, 5.41) is 5.03. The molecule has 1 aromatic heterocycles. The van der Waals surface area contributed by atoms with Crippen molar-refractivity contribution in [2.45, 2.75) is 32.4 Å². The quantitative estimate of drug-likeness (QED) is 0.719. The van der Waals surface area contributed by atoms with E-state index < -0.39 is 24.0 Å². The number of nitrogens with one attached hydrogen (secondary N) is 2. The van der Waals surface area contributed by atoms with E-state index in [1.807, 2.05) is 0 Å². The fourth-order valence-electron chi connectivity index (χ4n) is 1.90. The number of alkyl halides is 6. The molecule has 1 aromatic carbocycles. The Kier molecular flexibility index (Phi) is 5.47. The average Bonchev–Trinajstić information content (AvgIpc) is 2.46. The lowest BCUT2D eigenvalue weighted by molar-refractivity contribution is -0.274. The Bertz CT molecular complexity index is 761. The highest BCUT2D eigenvalue weighted by atomic mass is 19.4. The van der Waals surface area contributed by atoms with E-state index in [1.54, 1.807) is 13.8 Å². The van der Waals surface area contributed by atoms with E-state index >= 15 is 0 Å². The van der Waals surface area contributed by atoms with Gasteiger partial charge in [-0.25, -0.2) is 4.98 Å². The minimum Gasteiger partial charge on any atom is -0.404 e. The number of nitrogens with zero attached hydrogens (tertiary/aromatic N) is 2. The SMILES string of the molecule is CC(C)Nc1nc(Nc2ccccc2OC(F)(F)F)cc(C(F)(F)F)n1. The molecule has 0 fully saturated rings. The van der Waals surface area contributed by atoms with Crippen molar-refractivity contribution in [3.05, 3.63) is 36.0 Å². The van der Waals surface area contributed by atoms with Crippen LogP contribution < -0.4 is 15.4 Å². The Morgan fingerprint density at radius 2 is 1.65 bits per heavy atom. The normalized spacial score (nSPS) is 12.2. The number of rotatable bonds is 5. The smallest absolute Gasteiger partial charge is 0.404 e. The van der Waals surface area contributed by atoms with Crippen LogP contribution in [0.2, 0.25) is 0 Å². The molecule has 0 saturated heterocycles. The molecular weight excluding hydrogens is 366 g/mol. The molecule has 2 rings (SSSR count). The zero-order valence-corrected chi connectivity index (χ0v) is 13.5. The molecule has 0 atom stereocenters. The first-order valence-corrected chi connectivity index (χ1v) is 7.28. The Labute approximate surface area is 144 Å². The van der Waals surface area contributed by atoms with Crippen LogP contribution in [0.4, 0.5) is 43.8 Å². The van der Waals surface area contributed by atoms with Crippen LogP contribution in [-0.4, -0.2) is 22.4 Å². The Balaban J connectivity index is 2.40. The van der Waals surface area contributed by atoms with Gasteiger partial charge in [-0.2, -0.15) is 18.2 Å². The fourth-order valence-corrected chi connectivity index (χ4v) is 1.90. The second-order valence-electron chi connectivity index (χ2n) is 5.43. The summed E-state index contributed by atoms with van der Waals surface area (Å²) >= 11 is 0. The number of benzene rings is 1. The van der Waals surface area contributed by atoms with Crippen molar-refractivity contribution in [3.8, 4) is 5.75 Å². The van der Waals surface area contributed by atoms with Crippen LogP contribution in [0.15, 0.2) is 30.3 Å². The molecular formula is C15H14F6N4O. The number of aromatic nitrogens is 2. The molecule has 0 unspecified atom stereocenters. The molecule has 0 aliphatic carbocycles. The summed E-state index contributed by atoms with van der Waals surface area (Å²) in [7, 11) is 0. The van der Waals surface area contributed by atoms with Crippen molar-refractivity contribution in [1.82, 2.24) is 9.97 Å². The summed E-state index contributed by atoms with van der Waals surface area (Å²) in [5.74, 6) is -1.26. The lowest BCUT2D eigenvalue weighted by Gasteiger charge is -2.16. The molecule has 5 nitrogen and oxygen atoms in total. The van der Waals surface area contributed by atoms with Gasteiger partial charge >= 0.3 is 12.5 Å². The Morgan fingerprint density at radius 3 is 2.23 bits per heavy atom. The number of hydrogen-bond acceptors (Lipinski definition) is 5. The summed E-state index contributed by atoms with van der Waals surface area (Å²) in [4.78, 5) is 7.22. The van der Waals surface area contributed by atoms with E-state index in [0.717, 1.165) is 6.07 Å². The first kappa shape index (κ1) is 19.6. The molecule has 2 aromatic rings. The maximum absolute atomic E-state index is 13.0. The van der Waals surface area contributed by atoms with Gasteiger partial charge in [0.25, 0.3) is 0 Å². The molecule has 1 heterocycles. The molecule has 0 amide bonds. The Morgan fingerprint density at radius 1 is 1.00 bits per heavy atom. The summed E-state index contributed by atoms with van der Waals surface area (Å²) in [5.41, 5.74) is -1.44. The highest BCUT2D eigenvalue weighted by molar-refractivity contribution is 5.65. The lowest BCUT2D eigenvalue weighted by Crippen LogP contribution is -2.18. The minimum absolute atomic E-state index is 0.202. The van der Waals surface area contributed by atoms with Crippen molar-refractivity contribution in [3.63, 3.8) is 0 Å². The molecule has 0 spiro atoms. The molecule has 11 heteroatoms. The maximum atomic E-state index is 13.0. The summed E-state index contributed by atoms with van der Waals surface area (Å²) < 4.78 is 80.2. The van der Waals surface area contributed by atoms with E-state index in [9.17, 15) is 26.3 Å². The Hall–Kier alpha value is -2.72. The number of anilines is 3. The van der Waals surface area contributed by atoms with E-state index in [4.69, 9.17) is 0 Å². The molecule has 0 saturated carbocycles. The fraction of sp³-hybridized carbons (Fsp3) is 0.333. The topological polar surface area (TPSA) is 59.1 Å². The average molecular weight is 380 g/mol. The van der Waals surface area contributed by atoms with Crippen molar-refractivity contribution in [1.29, 1.82) is 0 Å². The predicted molar refractivity (Wildman–Crippen MR) is 82.2 cm³/mol. The number of halogens is 6. The van der Waals surface area contributed by atoms with Gasteiger partial charge in [0, 0.05) is 12.1 Å². The van der Waals surface area contributed by atoms with Gasteiger partial charge in [0.15, 0.2) is 11.4 Å². The van der Waals surface area contributed by atoms with Gasteiger partial charge < -0.3 is 15.4 Å². The van der Waals surface area contributed by atoms with Gasteiger partial charge in [-0.05, 0) is 26.0 Å². The third-order valence-corrected chi connectivity index (χ3v) is 2.81. The van der Waals surface area contributed by atoms with Gasteiger partial charge in [-0.3, -0.25) is 0 Å². The third kappa shape index (κ3) is 5.67. The largest absolute Gasteiger partial charge is 0.573 e. The van der Waals surface area contributed by atoms with Crippen LogP contribution in [-0.2, 0) is 6.18 Å². The van der Waals surface area contributed by atoms with Crippen molar-refractivity contribution in [2.24, 2.45) is 0 Å². The van der Waals surface area contributed by atoms with Crippen molar-refractivity contribution < 1.29 is 31.1 Å². The number of ether oxygens (including phenoxy) is 1. The van der Waals surface area contributed by atoms with Crippen LogP contribution in [0.3, 0.4) is 0 Å². The molecule has 0 radical (unpaired) electrons. The minimum atomic E-state index is -4.95. The van der Waals surface area contributed by atoms with Gasteiger partial charge in [-0.15, -0.1) is 13.2 Å². The second-order valence-corrected chi connectivity index (χ2v) is 5.43. The number of para-hydroxylation sites is 2. The van der Waals surface area contributed by atoms with Gasteiger partial charge in [0.1, 0.15) is 5.82 Å². The zero-order chi connectivity index (χ0) is 19.5. The van der Waals surface area contributed by atoms with Crippen LogP contribution in [0.5, 0.6) is 5.75 Å². The first-order valence-electron chi connectivity index (χ1n) is 7.28. The third-order valence-electron chi connectivity index (χ3n) is 2.81. The van der Waals surface area contributed by atoms with Crippen LogP contribution >= 0.6 is 0 Å². The van der Waals surface area contributed by atoms with E-state index in [2.05, 4.69) is 25.3 Å². The van der Waals surface area contributed by atoms with Gasteiger partial charge in [0.05, 0.1) is 5.69 Å². The zero-order valence-electron chi connectivity index (χ0n) is 13.5. The summed E-state index contributed by atoms with van der Waals surface area (Å²) in [6.07, 6.45) is -9.71. The highest BCUT2D eigenvalue weighted by Gasteiger charge is 2.34. The molecule has 26 heavy (non-hydrogen) atoms. The predicted octanol–water partition coefficient (Wildman–Crippen LogP) is 4.96. The molecule has 142 valence electrons. The maximum Gasteiger partial charge on any atom is 0.573 e. The van der Waals surface area contributed by atoms with Crippen molar-refractivity contribution in [2.75, 3.05) is 10.6 Å². The van der Waals surface area contributed by atoms with E-state index in [-0.39, 0.29) is 23.5 Å². The van der Waals surface area contributed by atoms with Crippen molar-refractivity contribution >= 4 is 17.5 Å². The summed E-state index contributed by atoms with van der Waals surface area (Å²) in [6, 6.07) is 5.26. The molecule has 0 bridgehead atoms. The standard InChI is InChI=1S/C15H14F6N4O/c1-8(2)22-13-24-11(14(16,17)18)7-12(25-13)23-9-5-3-4-6-10(9)26-15(19,20)21/h3-8H,1-2H3,(H2,22,23,24,25). The van der Waals surface area contributed by atoms with Crippen LogP contribution in [0.1, 0.15) is 19.5 Å². The molecule has 2 N–H and O–H groups in total. The van der Waals surface area contributed by atoms with Crippen LogP contribution in [0, 0.1) is 0 Å². The summed E-state index contributed by atoms with van der Waals surface area (Å²) in [6.45, 7) is 3.34. The van der Waals surface area contributed by atoms with Gasteiger partial charge in [-0.1, -0.05) is 12.1 Å². The monoisotopic (exact) mass is 380 g/mol. The lowest BCUT2D eigenvalue weighted by atomic mass is 10.3. The number of hydrogen-bond donors (Lipinski definition) is 2. The molecule has 0 aliphatic rings. The van der Waals surface area contributed by atoms with E-state index in [0.29, 0.717) is 6.07 Å². The van der Waals surface area contributed by atoms with Crippen LogP contribution in [0.25, 0.3) is 0 Å². The highest BCUT2D eigenvalue weighted by Crippen LogP contribution is 2.34. The molecule has 0 aliphatic heterocycles. The first-order chi connectivity index (χ1) is 11.9. The van der Waals surface area contributed by atoms with E-state index in [1.165, 1.54) is 18.2 Å². The van der Waals surface area contributed by atoms with Gasteiger partial charge in [0.2, 0.25) is 5.95 Å².